The maximum absolute atomic E-state index is 13.7. The van der Waals surface area contributed by atoms with E-state index < -0.39 is 5.95 Å². The van der Waals surface area contributed by atoms with Crippen LogP contribution in [0.15, 0.2) is 65.6 Å². The number of pyridine rings is 1. The summed E-state index contributed by atoms with van der Waals surface area (Å²) in [4.78, 5) is 22.3. The Bertz CT molecular complexity index is 1350. The number of aryl methyl sites for hydroxylation is 1. The van der Waals surface area contributed by atoms with Crippen molar-refractivity contribution in [3.8, 4) is 22.9 Å². The van der Waals surface area contributed by atoms with Crippen molar-refractivity contribution in [1.29, 1.82) is 0 Å². The third-order valence-corrected chi connectivity index (χ3v) is 6.09. The summed E-state index contributed by atoms with van der Waals surface area (Å²) < 4.78 is 20.7. The van der Waals surface area contributed by atoms with E-state index in [-0.39, 0.29) is 5.56 Å². The van der Waals surface area contributed by atoms with Crippen molar-refractivity contribution in [3.05, 3.63) is 82.7 Å². The molecule has 3 heterocycles. The zero-order valence-corrected chi connectivity index (χ0v) is 18.4. The van der Waals surface area contributed by atoms with Crippen LogP contribution in [0.4, 0.5) is 4.39 Å². The van der Waals surface area contributed by atoms with Crippen LogP contribution in [0.5, 0.6) is 11.5 Å². The maximum Gasteiger partial charge on any atom is 0.261 e. The van der Waals surface area contributed by atoms with Crippen LogP contribution in [-0.2, 0) is 6.54 Å². The number of hydrogen-bond donors (Lipinski definition) is 1. The van der Waals surface area contributed by atoms with Crippen LogP contribution in [0.1, 0.15) is 18.4 Å². The van der Waals surface area contributed by atoms with Crippen molar-refractivity contribution in [2.45, 2.75) is 26.3 Å². The molecule has 7 heteroatoms. The zero-order chi connectivity index (χ0) is 22.8. The number of halogens is 1. The van der Waals surface area contributed by atoms with E-state index in [4.69, 9.17) is 9.72 Å². The number of benzene rings is 2. The quantitative estimate of drug-likeness (QED) is 0.452. The predicted octanol–water partition coefficient (Wildman–Crippen LogP) is 4.70. The average Bonchev–Trinajstić information content (AvgIpc) is 2.84. The molecular weight excluding hydrogens is 419 g/mol. The summed E-state index contributed by atoms with van der Waals surface area (Å²) in [6, 6.07) is 16.0. The fourth-order valence-corrected chi connectivity index (χ4v) is 4.36. The average molecular weight is 445 g/mol. The van der Waals surface area contributed by atoms with Crippen molar-refractivity contribution in [2.75, 3.05) is 13.1 Å². The highest BCUT2D eigenvalue weighted by atomic mass is 19.1. The van der Waals surface area contributed by atoms with Gasteiger partial charge in [-0.3, -0.25) is 9.36 Å². The van der Waals surface area contributed by atoms with Crippen LogP contribution in [0.2, 0.25) is 0 Å². The third kappa shape index (κ3) is 4.50. The molecule has 5 rings (SSSR count). The first-order valence-electron chi connectivity index (χ1n) is 11.2. The first kappa shape index (κ1) is 21.3. The summed E-state index contributed by atoms with van der Waals surface area (Å²) in [5, 5.41) is 3.92. The molecule has 1 saturated heterocycles. The molecule has 0 saturated carbocycles. The Hall–Kier alpha value is -3.58. The molecule has 168 valence electrons. The molecule has 2 aromatic heterocycles. The lowest BCUT2D eigenvalue weighted by atomic mass is 9.99. The van der Waals surface area contributed by atoms with E-state index in [0.29, 0.717) is 40.7 Å². The number of aromatic nitrogens is 3. The molecule has 1 fully saturated rings. The van der Waals surface area contributed by atoms with Crippen LogP contribution in [0.25, 0.3) is 22.3 Å². The molecule has 4 aromatic rings. The van der Waals surface area contributed by atoms with E-state index in [1.165, 1.54) is 18.3 Å². The standard InChI is InChI=1S/C26H25FN4O2/c1-17-5-2-3-7-21(17)25-30-23-10-8-19(33-20-9-11-24(27)29-15-20)13-22(23)26(32)31(25)16-18-6-4-12-28-14-18/h2-3,5,7-11,13,15,18,28H,4,6,12,14,16H2,1H3. The molecule has 0 spiro atoms. The molecule has 0 aliphatic carbocycles. The Labute approximate surface area is 191 Å². The lowest BCUT2D eigenvalue weighted by molar-refractivity contribution is 0.334. The monoisotopic (exact) mass is 444 g/mol. The van der Waals surface area contributed by atoms with E-state index in [0.717, 1.165) is 37.1 Å². The highest BCUT2D eigenvalue weighted by Gasteiger charge is 2.20. The number of rotatable bonds is 5. The van der Waals surface area contributed by atoms with Gasteiger partial charge in [-0.25, -0.2) is 9.97 Å². The molecule has 1 aliphatic rings. The van der Waals surface area contributed by atoms with Crippen molar-refractivity contribution in [3.63, 3.8) is 0 Å². The van der Waals surface area contributed by atoms with Crippen molar-refractivity contribution in [2.24, 2.45) is 5.92 Å². The second-order valence-electron chi connectivity index (χ2n) is 8.48. The molecule has 1 atom stereocenters. The summed E-state index contributed by atoms with van der Waals surface area (Å²) in [6.45, 7) is 4.54. The fraction of sp³-hybridized carbons (Fsp3) is 0.269. The number of nitrogens with one attached hydrogen (secondary N) is 1. The van der Waals surface area contributed by atoms with Gasteiger partial charge >= 0.3 is 0 Å². The topological polar surface area (TPSA) is 69.0 Å². The second kappa shape index (κ2) is 9.11. The smallest absolute Gasteiger partial charge is 0.261 e. The van der Waals surface area contributed by atoms with Crippen LogP contribution in [-0.4, -0.2) is 27.6 Å². The number of piperidine rings is 1. The first-order chi connectivity index (χ1) is 16.1. The minimum atomic E-state index is -0.575. The predicted molar refractivity (Wildman–Crippen MR) is 126 cm³/mol. The Morgan fingerprint density at radius 1 is 1.15 bits per heavy atom. The SMILES string of the molecule is Cc1ccccc1-c1nc2ccc(Oc3ccc(F)nc3)cc2c(=O)n1CC1CCCNC1. The van der Waals surface area contributed by atoms with E-state index in [9.17, 15) is 9.18 Å². The van der Waals surface area contributed by atoms with Gasteiger partial charge < -0.3 is 10.1 Å². The van der Waals surface area contributed by atoms with Crippen molar-refractivity contribution >= 4 is 10.9 Å². The van der Waals surface area contributed by atoms with Gasteiger partial charge in [0.15, 0.2) is 0 Å². The molecule has 1 N–H and O–H groups in total. The van der Waals surface area contributed by atoms with E-state index in [2.05, 4.69) is 10.3 Å². The Morgan fingerprint density at radius 2 is 2.00 bits per heavy atom. The van der Waals surface area contributed by atoms with Crippen LogP contribution < -0.4 is 15.6 Å². The van der Waals surface area contributed by atoms with Crippen molar-refractivity contribution in [1.82, 2.24) is 19.9 Å². The van der Waals surface area contributed by atoms with Gasteiger partial charge in [-0.15, -0.1) is 0 Å². The summed E-state index contributed by atoms with van der Waals surface area (Å²) in [6.07, 6.45) is 3.49. The lowest BCUT2D eigenvalue weighted by Crippen LogP contribution is -2.35. The van der Waals surface area contributed by atoms with Crippen LogP contribution in [0, 0.1) is 18.8 Å². The summed E-state index contributed by atoms with van der Waals surface area (Å²) in [5.41, 5.74) is 2.55. The lowest BCUT2D eigenvalue weighted by Gasteiger charge is -2.25. The molecule has 0 bridgehead atoms. The first-order valence-corrected chi connectivity index (χ1v) is 11.2. The summed E-state index contributed by atoms with van der Waals surface area (Å²) >= 11 is 0. The molecule has 0 amide bonds. The van der Waals surface area contributed by atoms with Gasteiger partial charge in [0, 0.05) is 12.1 Å². The van der Waals surface area contributed by atoms with Crippen LogP contribution in [0.3, 0.4) is 0 Å². The Balaban J connectivity index is 1.61. The molecule has 0 radical (unpaired) electrons. The number of nitrogens with zero attached hydrogens (tertiary/aromatic N) is 3. The zero-order valence-electron chi connectivity index (χ0n) is 18.4. The number of fused-ring (bicyclic) bond motifs is 1. The minimum Gasteiger partial charge on any atom is -0.456 e. The van der Waals surface area contributed by atoms with Gasteiger partial charge in [-0.2, -0.15) is 4.39 Å². The van der Waals surface area contributed by atoms with E-state index in [1.54, 1.807) is 18.2 Å². The number of ether oxygens (including phenoxy) is 1. The van der Waals surface area contributed by atoms with Crippen molar-refractivity contribution < 1.29 is 9.13 Å². The van der Waals surface area contributed by atoms with Crippen LogP contribution >= 0.6 is 0 Å². The Kier molecular flexibility index (Phi) is 5.88. The second-order valence-corrected chi connectivity index (χ2v) is 8.48. The Morgan fingerprint density at radius 3 is 2.76 bits per heavy atom. The van der Waals surface area contributed by atoms with Gasteiger partial charge in [-0.05, 0) is 74.7 Å². The maximum atomic E-state index is 13.7. The van der Waals surface area contributed by atoms with Gasteiger partial charge in [0.05, 0.1) is 17.1 Å². The summed E-state index contributed by atoms with van der Waals surface area (Å²) in [7, 11) is 0. The largest absolute Gasteiger partial charge is 0.456 e. The van der Waals surface area contributed by atoms with E-state index >= 15 is 0 Å². The molecule has 6 nitrogen and oxygen atoms in total. The fourth-order valence-electron chi connectivity index (χ4n) is 4.36. The third-order valence-electron chi connectivity index (χ3n) is 6.09. The highest BCUT2D eigenvalue weighted by Crippen LogP contribution is 2.27. The molecular formula is C26H25FN4O2. The van der Waals surface area contributed by atoms with E-state index in [1.807, 2.05) is 35.8 Å². The normalized spacial score (nSPS) is 16.1. The molecule has 1 aliphatic heterocycles. The minimum absolute atomic E-state index is 0.0912. The highest BCUT2D eigenvalue weighted by molar-refractivity contribution is 5.81. The van der Waals surface area contributed by atoms with Gasteiger partial charge in [-0.1, -0.05) is 24.3 Å². The molecule has 1 unspecified atom stereocenters. The van der Waals surface area contributed by atoms with Gasteiger partial charge in [0.2, 0.25) is 5.95 Å². The molecule has 2 aromatic carbocycles. The van der Waals surface area contributed by atoms with Gasteiger partial charge in [0.1, 0.15) is 17.3 Å². The van der Waals surface area contributed by atoms with Gasteiger partial charge in [0.25, 0.3) is 5.56 Å². The number of hydrogen-bond acceptors (Lipinski definition) is 5. The molecule has 33 heavy (non-hydrogen) atoms. The summed E-state index contributed by atoms with van der Waals surface area (Å²) in [5.74, 6) is 1.35.